The van der Waals surface area contributed by atoms with Crippen LogP contribution in [0.15, 0.2) is 65.8 Å². The van der Waals surface area contributed by atoms with E-state index in [1.165, 1.54) is 5.56 Å². The molecule has 4 rings (SSSR count). The van der Waals surface area contributed by atoms with Gasteiger partial charge in [-0.05, 0) is 42.3 Å². The standard InChI is InChI=1S/C22H20N2O3/c1-14-7-9-16(10-8-14)15(2)23-24-22(25)21-13-26-19-11-17-5-3-4-6-18(17)12-20(19)27-21/h3-12,21H,13H2,1-2H3,(H,24,25)/b23-15+/t21-/m1/s1. The molecule has 0 fully saturated rings. The highest BCUT2D eigenvalue weighted by molar-refractivity contribution is 5.99. The zero-order chi connectivity index (χ0) is 18.8. The van der Waals surface area contributed by atoms with Crippen molar-refractivity contribution in [2.45, 2.75) is 20.0 Å². The van der Waals surface area contributed by atoms with Crippen molar-refractivity contribution >= 4 is 22.4 Å². The third-order valence-electron chi connectivity index (χ3n) is 4.57. The second-order valence-corrected chi connectivity index (χ2v) is 6.60. The van der Waals surface area contributed by atoms with Crippen LogP contribution in [0.2, 0.25) is 0 Å². The molecular weight excluding hydrogens is 340 g/mol. The molecule has 0 saturated carbocycles. The van der Waals surface area contributed by atoms with Crippen LogP contribution in [0.1, 0.15) is 18.1 Å². The van der Waals surface area contributed by atoms with E-state index in [4.69, 9.17) is 9.47 Å². The molecule has 0 bridgehead atoms. The molecule has 1 amide bonds. The first-order valence-electron chi connectivity index (χ1n) is 8.83. The predicted molar refractivity (Wildman–Crippen MR) is 105 cm³/mol. The Kier molecular flexibility index (Phi) is 4.50. The van der Waals surface area contributed by atoms with E-state index in [0.29, 0.717) is 11.5 Å². The summed E-state index contributed by atoms with van der Waals surface area (Å²) in [6.07, 6.45) is -0.742. The van der Waals surface area contributed by atoms with Crippen molar-refractivity contribution in [3.63, 3.8) is 0 Å². The Morgan fingerprint density at radius 2 is 1.70 bits per heavy atom. The minimum absolute atomic E-state index is 0.149. The summed E-state index contributed by atoms with van der Waals surface area (Å²) in [5, 5.41) is 6.29. The van der Waals surface area contributed by atoms with Gasteiger partial charge in [0.1, 0.15) is 6.61 Å². The number of carbonyl (C=O) groups excluding carboxylic acids is 1. The molecule has 5 heteroatoms. The summed E-state index contributed by atoms with van der Waals surface area (Å²) in [7, 11) is 0. The Balaban J connectivity index is 1.46. The summed E-state index contributed by atoms with van der Waals surface area (Å²) >= 11 is 0. The van der Waals surface area contributed by atoms with Crippen molar-refractivity contribution < 1.29 is 14.3 Å². The smallest absolute Gasteiger partial charge is 0.284 e. The molecule has 3 aromatic rings. The van der Waals surface area contributed by atoms with Crippen LogP contribution >= 0.6 is 0 Å². The second-order valence-electron chi connectivity index (χ2n) is 6.60. The highest BCUT2D eigenvalue weighted by atomic mass is 16.6. The van der Waals surface area contributed by atoms with Gasteiger partial charge in [-0.3, -0.25) is 4.79 Å². The molecule has 136 valence electrons. The molecule has 3 aromatic carbocycles. The lowest BCUT2D eigenvalue weighted by atomic mass is 10.1. The maximum absolute atomic E-state index is 12.4. The summed E-state index contributed by atoms with van der Waals surface area (Å²) in [4.78, 5) is 12.4. The van der Waals surface area contributed by atoms with Gasteiger partial charge in [0, 0.05) is 0 Å². The number of rotatable bonds is 3. The van der Waals surface area contributed by atoms with Gasteiger partial charge < -0.3 is 9.47 Å². The minimum atomic E-state index is -0.742. The molecule has 1 aliphatic rings. The zero-order valence-electron chi connectivity index (χ0n) is 15.2. The molecule has 0 radical (unpaired) electrons. The van der Waals surface area contributed by atoms with E-state index in [9.17, 15) is 4.79 Å². The lowest BCUT2D eigenvalue weighted by Crippen LogP contribution is -2.42. The van der Waals surface area contributed by atoms with Crippen molar-refractivity contribution in [3.05, 3.63) is 71.8 Å². The monoisotopic (exact) mass is 360 g/mol. The summed E-state index contributed by atoms with van der Waals surface area (Å²) in [6.45, 7) is 4.03. The molecule has 0 saturated heterocycles. The predicted octanol–water partition coefficient (Wildman–Crippen LogP) is 3.83. The number of aryl methyl sites for hydroxylation is 1. The Labute approximate surface area is 157 Å². The van der Waals surface area contributed by atoms with Gasteiger partial charge in [0.05, 0.1) is 5.71 Å². The Bertz CT molecular complexity index is 1030. The fourth-order valence-corrected chi connectivity index (χ4v) is 2.96. The molecule has 0 spiro atoms. The average molecular weight is 360 g/mol. The van der Waals surface area contributed by atoms with Crippen LogP contribution < -0.4 is 14.9 Å². The number of hydrazone groups is 1. The van der Waals surface area contributed by atoms with Crippen molar-refractivity contribution in [1.29, 1.82) is 0 Å². The van der Waals surface area contributed by atoms with Crippen molar-refractivity contribution in [3.8, 4) is 11.5 Å². The molecule has 1 N–H and O–H groups in total. The van der Waals surface area contributed by atoms with Gasteiger partial charge in [-0.1, -0.05) is 54.1 Å². The van der Waals surface area contributed by atoms with Crippen LogP contribution in [0.3, 0.4) is 0 Å². The van der Waals surface area contributed by atoms with Gasteiger partial charge in [0.2, 0.25) is 6.10 Å². The molecule has 27 heavy (non-hydrogen) atoms. The van der Waals surface area contributed by atoms with Crippen molar-refractivity contribution in [2.75, 3.05) is 6.61 Å². The fourth-order valence-electron chi connectivity index (χ4n) is 2.96. The topological polar surface area (TPSA) is 59.9 Å². The molecular formula is C22H20N2O3. The highest BCUT2D eigenvalue weighted by Gasteiger charge is 2.27. The zero-order valence-corrected chi connectivity index (χ0v) is 15.2. The van der Waals surface area contributed by atoms with Crippen LogP contribution in [0.25, 0.3) is 10.8 Å². The summed E-state index contributed by atoms with van der Waals surface area (Å²) < 4.78 is 11.6. The first-order chi connectivity index (χ1) is 13.1. The van der Waals surface area contributed by atoms with Crippen molar-refractivity contribution in [2.24, 2.45) is 5.10 Å². The Morgan fingerprint density at radius 1 is 1.04 bits per heavy atom. The van der Waals surface area contributed by atoms with E-state index in [0.717, 1.165) is 22.0 Å². The maximum Gasteiger partial charge on any atom is 0.284 e. The van der Waals surface area contributed by atoms with E-state index in [-0.39, 0.29) is 12.5 Å². The molecule has 1 heterocycles. The van der Waals surface area contributed by atoms with E-state index >= 15 is 0 Å². The summed E-state index contributed by atoms with van der Waals surface area (Å²) in [5.74, 6) is 0.886. The number of fused-ring (bicyclic) bond motifs is 2. The maximum atomic E-state index is 12.4. The third kappa shape index (κ3) is 3.62. The number of hydrogen-bond donors (Lipinski definition) is 1. The first kappa shape index (κ1) is 17.1. The summed E-state index contributed by atoms with van der Waals surface area (Å²) in [5.41, 5.74) is 5.44. The first-order valence-corrected chi connectivity index (χ1v) is 8.83. The van der Waals surface area contributed by atoms with E-state index in [1.807, 2.05) is 74.5 Å². The van der Waals surface area contributed by atoms with Crippen molar-refractivity contribution in [1.82, 2.24) is 5.43 Å². The van der Waals surface area contributed by atoms with E-state index in [2.05, 4.69) is 10.5 Å². The van der Waals surface area contributed by atoms with Gasteiger partial charge in [-0.15, -0.1) is 0 Å². The van der Waals surface area contributed by atoms with Crippen LogP contribution in [0, 0.1) is 6.92 Å². The van der Waals surface area contributed by atoms with Crippen LogP contribution in [0.5, 0.6) is 11.5 Å². The molecule has 0 aliphatic carbocycles. The Morgan fingerprint density at radius 3 is 2.41 bits per heavy atom. The Hall–Kier alpha value is -3.34. The van der Waals surface area contributed by atoms with Gasteiger partial charge in [-0.2, -0.15) is 5.10 Å². The quantitative estimate of drug-likeness (QED) is 0.570. The number of hydrogen-bond acceptors (Lipinski definition) is 4. The number of amides is 1. The van der Waals surface area contributed by atoms with Crippen LogP contribution in [0.4, 0.5) is 0 Å². The van der Waals surface area contributed by atoms with Gasteiger partial charge in [-0.25, -0.2) is 5.43 Å². The van der Waals surface area contributed by atoms with Gasteiger partial charge in [0.15, 0.2) is 11.5 Å². The van der Waals surface area contributed by atoms with Gasteiger partial charge in [0.25, 0.3) is 5.91 Å². The van der Waals surface area contributed by atoms with E-state index < -0.39 is 6.10 Å². The third-order valence-corrected chi connectivity index (χ3v) is 4.57. The minimum Gasteiger partial charge on any atom is -0.485 e. The molecule has 5 nitrogen and oxygen atoms in total. The highest BCUT2D eigenvalue weighted by Crippen LogP contribution is 2.35. The fraction of sp³-hybridized carbons (Fsp3) is 0.182. The number of benzene rings is 3. The lowest BCUT2D eigenvalue weighted by molar-refractivity contribution is -0.130. The molecule has 1 aliphatic heterocycles. The van der Waals surface area contributed by atoms with E-state index in [1.54, 1.807) is 0 Å². The summed E-state index contributed by atoms with van der Waals surface area (Å²) in [6, 6.07) is 19.7. The number of nitrogens with one attached hydrogen (secondary N) is 1. The average Bonchev–Trinajstić information content (AvgIpc) is 2.70. The largest absolute Gasteiger partial charge is 0.485 e. The van der Waals surface area contributed by atoms with Crippen LogP contribution in [-0.2, 0) is 4.79 Å². The normalized spacial score (nSPS) is 16.2. The number of carbonyl (C=O) groups is 1. The molecule has 0 aromatic heterocycles. The molecule has 1 atom stereocenters. The number of nitrogens with zero attached hydrogens (tertiary/aromatic N) is 1. The van der Waals surface area contributed by atoms with Gasteiger partial charge >= 0.3 is 0 Å². The second kappa shape index (κ2) is 7.11. The molecule has 0 unspecified atom stereocenters. The number of ether oxygens (including phenoxy) is 2. The van der Waals surface area contributed by atoms with Crippen LogP contribution in [-0.4, -0.2) is 24.3 Å². The SMILES string of the molecule is C/C(=N\NC(=O)[C@H]1COc2cc3ccccc3cc2O1)c1ccc(C)cc1. The lowest BCUT2D eigenvalue weighted by Gasteiger charge is -2.25.